The van der Waals surface area contributed by atoms with Crippen molar-refractivity contribution < 1.29 is 14.3 Å². The van der Waals surface area contributed by atoms with Gasteiger partial charge in [-0.1, -0.05) is 40.7 Å². The zero-order valence-electron chi connectivity index (χ0n) is 15.1. The first kappa shape index (κ1) is 19.0. The molecular weight excluding hydrogens is 292 g/mol. The third-order valence-corrected chi connectivity index (χ3v) is 3.63. The third kappa shape index (κ3) is 5.27. The number of carbonyl (C=O) groups is 2. The summed E-state index contributed by atoms with van der Waals surface area (Å²) in [5, 5.41) is 5.57. The molecule has 1 atom stereocenters. The van der Waals surface area contributed by atoms with Crippen LogP contribution < -0.4 is 15.4 Å². The lowest BCUT2D eigenvalue weighted by Crippen LogP contribution is -2.46. The highest BCUT2D eigenvalue weighted by molar-refractivity contribution is 5.98. The lowest BCUT2D eigenvalue weighted by Gasteiger charge is -2.24. The van der Waals surface area contributed by atoms with Crippen molar-refractivity contribution >= 4 is 17.5 Å². The molecule has 0 spiro atoms. The first-order valence-corrected chi connectivity index (χ1v) is 7.82. The van der Waals surface area contributed by atoms with Crippen LogP contribution in [0.15, 0.2) is 18.2 Å². The van der Waals surface area contributed by atoms with Crippen LogP contribution in [-0.2, 0) is 15.0 Å². The molecule has 0 saturated heterocycles. The lowest BCUT2D eigenvalue weighted by atomic mass is 9.86. The van der Waals surface area contributed by atoms with E-state index in [0.717, 1.165) is 5.56 Å². The van der Waals surface area contributed by atoms with Gasteiger partial charge in [0.1, 0.15) is 11.8 Å². The second kappa shape index (κ2) is 7.49. The molecule has 0 bridgehead atoms. The van der Waals surface area contributed by atoms with Gasteiger partial charge in [0.25, 0.3) is 0 Å². The molecule has 23 heavy (non-hydrogen) atoms. The molecule has 1 unspecified atom stereocenters. The van der Waals surface area contributed by atoms with Crippen LogP contribution >= 0.6 is 0 Å². The number of hydrogen-bond donors (Lipinski definition) is 2. The van der Waals surface area contributed by atoms with E-state index in [1.54, 1.807) is 7.11 Å². The van der Waals surface area contributed by atoms with E-state index in [4.69, 9.17) is 4.74 Å². The van der Waals surface area contributed by atoms with Gasteiger partial charge in [0.2, 0.25) is 11.8 Å². The fourth-order valence-electron chi connectivity index (χ4n) is 2.24. The van der Waals surface area contributed by atoms with Crippen molar-refractivity contribution in [2.45, 2.75) is 53.0 Å². The quantitative estimate of drug-likeness (QED) is 0.876. The summed E-state index contributed by atoms with van der Waals surface area (Å²) in [6.07, 6.45) is 0. The van der Waals surface area contributed by atoms with Crippen molar-refractivity contribution in [1.82, 2.24) is 5.32 Å². The molecule has 1 aromatic rings. The van der Waals surface area contributed by atoms with Gasteiger partial charge in [-0.15, -0.1) is 0 Å². The van der Waals surface area contributed by atoms with Gasteiger partial charge < -0.3 is 15.4 Å². The van der Waals surface area contributed by atoms with E-state index in [2.05, 4.69) is 31.4 Å². The molecule has 1 rings (SSSR count). The number of nitrogens with one attached hydrogen (secondary N) is 2. The number of ether oxygens (including phenoxy) is 1. The summed E-state index contributed by atoms with van der Waals surface area (Å²) in [5.41, 5.74) is 1.66. The maximum atomic E-state index is 12.5. The molecule has 0 aliphatic heterocycles. The summed E-state index contributed by atoms with van der Waals surface area (Å²) in [6, 6.07) is 5.17. The Hall–Kier alpha value is -2.04. The fourth-order valence-corrected chi connectivity index (χ4v) is 2.24. The molecule has 1 aromatic carbocycles. The van der Waals surface area contributed by atoms with E-state index in [1.807, 2.05) is 32.0 Å². The van der Waals surface area contributed by atoms with Crippen molar-refractivity contribution in [1.29, 1.82) is 0 Å². The van der Waals surface area contributed by atoms with E-state index in [0.29, 0.717) is 11.4 Å². The zero-order valence-corrected chi connectivity index (χ0v) is 15.1. The monoisotopic (exact) mass is 320 g/mol. The molecule has 2 amide bonds. The summed E-state index contributed by atoms with van der Waals surface area (Å²) >= 11 is 0. The van der Waals surface area contributed by atoms with E-state index in [-0.39, 0.29) is 23.1 Å². The van der Waals surface area contributed by atoms with Gasteiger partial charge in [-0.05, 0) is 29.0 Å². The van der Waals surface area contributed by atoms with Crippen molar-refractivity contribution in [2.75, 3.05) is 12.4 Å². The third-order valence-electron chi connectivity index (χ3n) is 3.63. The number of amides is 2. The van der Waals surface area contributed by atoms with Crippen molar-refractivity contribution in [3.63, 3.8) is 0 Å². The van der Waals surface area contributed by atoms with Crippen LogP contribution in [0.1, 0.15) is 47.1 Å². The largest absolute Gasteiger partial charge is 0.495 e. The summed E-state index contributed by atoms with van der Waals surface area (Å²) in [7, 11) is 1.56. The van der Waals surface area contributed by atoms with E-state index in [9.17, 15) is 9.59 Å². The predicted molar refractivity (Wildman–Crippen MR) is 92.8 cm³/mol. The van der Waals surface area contributed by atoms with E-state index < -0.39 is 6.04 Å². The molecule has 5 heteroatoms. The maximum absolute atomic E-state index is 12.5. The molecule has 5 nitrogen and oxygen atoms in total. The topological polar surface area (TPSA) is 67.4 Å². The Morgan fingerprint density at radius 2 is 1.78 bits per heavy atom. The number of carbonyl (C=O) groups excluding carboxylic acids is 2. The van der Waals surface area contributed by atoms with Crippen molar-refractivity contribution in [3.05, 3.63) is 23.8 Å². The Morgan fingerprint density at radius 1 is 1.17 bits per heavy atom. The van der Waals surface area contributed by atoms with Crippen molar-refractivity contribution in [2.24, 2.45) is 5.92 Å². The van der Waals surface area contributed by atoms with Gasteiger partial charge >= 0.3 is 0 Å². The highest BCUT2D eigenvalue weighted by Crippen LogP contribution is 2.31. The minimum absolute atomic E-state index is 0.0179. The average molecular weight is 320 g/mol. The standard InChI is InChI=1S/C18H28N2O3/c1-11(2)16(19-12(3)21)17(22)20-14-10-13(18(4,5)6)8-9-15(14)23-7/h8-11,16H,1-7H3,(H,19,21)(H,20,22). The highest BCUT2D eigenvalue weighted by atomic mass is 16.5. The minimum Gasteiger partial charge on any atom is -0.495 e. The molecule has 0 aliphatic carbocycles. The molecular formula is C18H28N2O3. The Balaban J connectivity index is 3.10. The molecule has 0 aliphatic rings. The number of methoxy groups -OCH3 is 1. The normalized spacial score (nSPS) is 12.7. The number of anilines is 1. The zero-order chi connectivity index (χ0) is 17.8. The molecule has 2 N–H and O–H groups in total. The van der Waals surface area contributed by atoms with Gasteiger partial charge in [-0.3, -0.25) is 9.59 Å². The second-order valence-corrected chi connectivity index (χ2v) is 7.08. The fraction of sp³-hybridized carbons (Fsp3) is 0.556. The van der Waals surface area contributed by atoms with Crippen molar-refractivity contribution in [3.8, 4) is 5.75 Å². The van der Waals surface area contributed by atoms with Crippen LogP contribution in [0.25, 0.3) is 0 Å². The molecule has 0 saturated carbocycles. The van der Waals surface area contributed by atoms with Crippen LogP contribution in [0.2, 0.25) is 0 Å². The van der Waals surface area contributed by atoms with Crippen LogP contribution in [0.5, 0.6) is 5.75 Å². The van der Waals surface area contributed by atoms with Gasteiger partial charge in [-0.25, -0.2) is 0 Å². The molecule has 0 radical (unpaired) electrons. The van der Waals surface area contributed by atoms with Gasteiger partial charge in [0, 0.05) is 6.92 Å². The van der Waals surface area contributed by atoms with Crippen LogP contribution in [0.3, 0.4) is 0 Å². The highest BCUT2D eigenvalue weighted by Gasteiger charge is 2.24. The summed E-state index contributed by atoms with van der Waals surface area (Å²) < 4.78 is 5.33. The van der Waals surface area contributed by atoms with Crippen LogP contribution in [0, 0.1) is 5.92 Å². The Kier molecular flexibility index (Phi) is 6.19. The predicted octanol–water partition coefficient (Wildman–Crippen LogP) is 3.09. The maximum Gasteiger partial charge on any atom is 0.247 e. The van der Waals surface area contributed by atoms with E-state index in [1.165, 1.54) is 6.92 Å². The molecule has 128 valence electrons. The van der Waals surface area contributed by atoms with Gasteiger partial charge in [0.15, 0.2) is 0 Å². The van der Waals surface area contributed by atoms with Gasteiger partial charge in [0.05, 0.1) is 12.8 Å². The van der Waals surface area contributed by atoms with Crippen LogP contribution in [0.4, 0.5) is 5.69 Å². The number of hydrogen-bond acceptors (Lipinski definition) is 3. The van der Waals surface area contributed by atoms with Crippen LogP contribution in [-0.4, -0.2) is 25.0 Å². The second-order valence-electron chi connectivity index (χ2n) is 7.08. The smallest absolute Gasteiger partial charge is 0.247 e. The Bertz CT molecular complexity index is 574. The SMILES string of the molecule is COc1ccc(C(C)(C)C)cc1NC(=O)C(NC(C)=O)C(C)C. The molecule has 0 heterocycles. The molecule has 0 fully saturated rings. The minimum atomic E-state index is -0.588. The summed E-state index contributed by atoms with van der Waals surface area (Å²) in [5.74, 6) is 0.0983. The average Bonchev–Trinajstić information content (AvgIpc) is 2.43. The first-order chi connectivity index (χ1) is 10.6. The Morgan fingerprint density at radius 3 is 2.22 bits per heavy atom. The summed E-state index contributed by atoms with van der Waals surface area (Å²) in [6.45, 7) is 11.5. The van der Waals surface area contributed by atoms with Gasteiger partial charge in [-0.2, -0.15) is 0 Å². The summed E-state index contributed by atoms with van der Waals surface area (Å²) in [4.78, 5) is 23.8. The molecule has 0 aromatic heterocycles. The Labute approximate surface area is 138 Å². The van der Waals surface area contributed by atoms with E-state index >= 15 is 0 Å². The number of rotatable bonds is 5. The lowest BCUT2D eigenvalue weighted by molar-refractivity contribution is -0.126. The number of benzene rings is 1. The first-order valence-electron chi connectivity index (χ1n) is 7.82.